The summed E-state index contributed by atoms with van der Waals surface area (Å²) in [5.41, 5.74) is 0. The lowest BCUT2D eigenvalue weighted by Crippen LogP contribution is -2.28. The van der Waals surface area contributed by atoms with Crippen molar-refractivity contribution in [3.8, 4) is 0 Å². The Bertz CT molecular complexity index is 181. The summed E-state index contributed by atoms with van der Waals surface area (Å²) < 4.78 is 5.13. The predicted octanol–water partition coefficient (Wildman–Crippen LogP) is 3.14. The van der Waals surface area contributed by atoms with Crippen LogP contribution >= 0.6 is 0 Å². The third-order valence-electron chi connectivity index (χ3n) is 2.58. The second kappa shape index (κ2) is 11.9. The lowest BCUT2D eigenvalue weighted by atomic mass is 10.1. The Morgan fingerprint density at radius 2 is 1.76 bits per heavy atom. The number of nitrogens with one attached hydrogen (secondary N) is 1. The van der Waals surface area contributed by atoms with Gasteiger partial charge in [0.15, 0.2) is 0 Å². The third kappa shape index (κ3) is 13.4. The van der Waals surface area contributed by atoms with Crippen LogP contribution in [0.4, 0.5) is 0 Å². The first-order valence-corrected chi connectivity index (χ1v) is 7.03. The Morgan fingerprint density at radius 3 is 2.41 bits per heavy atom. The monoisotopic (exact) mass is 243 g/mol. The first kappa shape index (κ1) is 16.4. The second-order valence-corrected chi connectivity index (χ2v) is 5.01. The van der Waals surface area contributed by atoms with Crippen LogP contribution in [0.25, 0.3) is 0 Å². The number of esters is 1. The van der Waals surface area contributed by atoms with E-state index in [0.717, 1.165) is 13.0 Å². The fourth-order valence-electron chi connectivity index (χ4n) is 1.58. The van der Waals surface area contributed by atoms with E-state index in [-0.39, 0.29) is 5.97 Å². The van der Waals surface area contributed by atoms with Crippen LogP contribution in [0.3, 0.4) is 0 Å². The molecule has 0 aliphatic carbocycles. The molecular formula is C14H29NO2. The van der Waals surface area contributed by atoms with Gasteiger partial charge in [-0.3, -0.25) is 4.79 Å². The highest BCUT2D eigenvalue weighted by Gasteiger charge is 2.02. The van der Waals surface area contributed by atoms with Gasteiger partial charge in [0.05, 0.1) is 13.2 Å². The zero-order valence-electron chi connectivity index (χ0n) is 11.8. The molecule has 0 aromatic heterocycles. The molecule has 0 fully saturated rings. The Labute approximate surface area is 106 Å². The van der Waals surface area contributed by atoms with Gasteiger partial charge in [0.2, 0.25) is 0 Å². The summed E-state index contributed by atoms with van der Waals surface area (Å²) in [5.74, 6) is 0.445. The van der Waals surface area contributed by atoms with E-state index < -0.39 is 0 Å². The molecule has 0 radical (unpaired) electrons. The predicted molar refractivity (Wildman–Crippen MR) is 72.0 cm³/mol. The van der Waals surface area contributed by atoms with Crippen molar-refractivity contribution in [3.05, 3.63) is 0 Å². The van der Waals surface area contributed by atoms with Crippen LogP contribution in [0, 0.1) is 5.92 Å². The van der Waals surface area contributed by atoms with Crippen molar-refractivity contribution < 1.29 is 9.53 Å². The smallest absolute Gasteiger partial charge is 0.319 e. The molecule has 0 rings (SSSR count). The molecule has 3 nitrogen and oxygen atoms in total. The summed E-state index contributed by atoms with van der Waals surface area (Å²) in [6.45, 7) is 8.24. The number of ether oxygens (including phenoxy) is 1. The fraction of sp³-hybridized carbons (Fsp3) is 0.929. The Hall–Kier alpha value is -0.570. The quantitative estimate of drug-likeness (QED) is 0.447. The van der Waals surface area contributed by atoms with Crippen LogP contribution in [0.1, 0.15) is 59.3 Å². The first-order chi connectivity index (χ1) is 8.16. The summed E-state index contributed by atoms with van der Waals surface area (Å²) in [6.07, 6.45) is 7.33. The van der Waals surface area contributed by atoms with Crippen LogP contribution < -0.4 is 5.32 Å². The van der Waals surface area contributed by atoms with Gasteiger partial charge in [-0.1, -0.05) is 52.9 Å². The maximum Gasteiger partial charge on any atom is 0.319 e. The zero-order chi connectivity index (χ0) is 12.9. The molecule has 3 heteroatoms. The highest BCUT2D eigenvalue weighted by Crippen LogP contribution is 2.04. The van der Waals surface area contributed by atoms with Gasteiger partial charge < -0.3 is 10.1 Å². The molecule has 0 saturated carbocycles. The SMILES string of the molecule is CCCCCCCCOC(=O)CNCC(C)C. The summed E-state index contributed by atoms with van der Waals surface area (Å²) in [5, 5.41) is 3.08. The number of rotatable bonds is 11. The van der Waals surface area contributed by atoms with E-state index in [1.807, 2.05) is 0 Å². The Morgan fingerprint density at radius 1 is 1.12 bits per heavy atom. The zero-order valence-corrected chi connectivity index (χ0v) is 11.8. The summed E-state index contributed by atoms with van der Waals surface area (Å²) in [4.78, 5) is 11.3. The summed E-state index contributed by atoms with van der Waals surface area (Å²) in [6, 6.07) is 0. The van der Waals surface area contributed by atoms with Crippen LogP contribution in [0.15, 0.2) is 0 Å². The van der Waals surface area contributed by atoms with Crippen LogP contribution in [0.2, 0.25) is 0 Å². The van der Waals surface area contributed by atoms with E-state index in [2.05, 4.69) is 26.1 Å². The molecule has 102 valence electrons. The topological polar surface area (TPSA) is 38.3 Å². The highest BCUT2D eigenvalue weighted by molar-refractivity contribution is 5.71. The Kier molecular flexibility index (Phi) is 11.5. The number of carbonyl (C=O) groups excluding carboxylic acids is 1. The lowest BCUT2D eigenvalue weighted by Gasteiger charge is -2.07. The molecule has 0 aromatic carbocycles. The molecule has 0 aromatic rings. The lowest BCUT2D eigenvalue weighted by molar-refractivity contribution is -0.142. The normalized spacial score (nSPS) is 10.8. The maximum absolute atomic E-state index is 11.3. The minimum Gasteiger partial charge on any atom is -0.465 e. The average Bonchev–Trinajstić information content (AvgIpc) is 2.27. The van der Waals surface area contributed by atoms with Gasteiger partial charge in [0.25, 0.3) is 0 Å². The molecule has 0 bridgehead atoms. The van der Waals surface area contributed by atoms with Gasteiger partial charge in [-0.2, -0.15) is 0 Å². The summed E-state index contributed by atoms with van der Waals surface area (Å²) >= 11 is 0. The fourth-order valence-corrected chi connectivity index (χ4v) is 1.58. The minimum absolute atomic E-state index is 0.126. The minimum atomic E-state index is -0.126. The molecule has 0 unspecified atom stereocenters. The number of unbranched alkanes of at least 4 members (excludes halogenated alkanes) is 5. The molecule has 0 aliphatic rings. The van der Waals surface area contributed by atoms with E-state index in [0.29, 0.717) is 19.1 Å². The summed E-state index contributed by atoms with van der Waals surface area (Å²) in [7, 11) is 0. The van der Waals surface area contributed by atoms with Gasteiger partial charge in [-0.15, -0.1) is 0 Å². The van der Waals surface area contributed by atoms with Crippen LogP contribution in [-0.2, 0) is 9.53 Å². The van der Waals surface area contributed by atoms with E-state index in [9.17, 15) is 4.79 Å². The molecule has 17 heavy (non-hydrogen) atoms. The number of hydrogen-bond acceptors (Lipinski definition) is 3. The molecule has 0 spiro atoms. The van der Waals surface area contributed by atoms with Crippen molar-refractivity contribution in [1.29, 1.82) is 0 Å². The highest BCUT2D eigenvalue weighted by atomic mass is 16.5. The first-order valence-electron chi connectivity index (χ1n) is 7.03. The van der Waals surface area contributed by atoms with Crippen molar-refractivity contribution in [3.63, 3.8) is 0 Å². The molecular weight excluding hydrogens is 214 g/mol. The van der Waals surface area contributed by atoms with Crippen LogP contribution in [-0.4, -0.2) is 25.7 Å². The third-order valence-corrected chi connectivity index (χ3v) is 2.58. The molecule has 0 saturated heterocycles. The molecule has 0 amide bonds. The van der Waals surface area contributed by atoms with Gasteiger partial charge in [0, 0.05) is 0 Å². The molecule has 0 heterocycles. The van der Waals surface area contributed by atoms with Gasteiger partial charge in [0.1, 0.15) is 0 Å². The van der Waals surface area contributed by atoms with Crippen molar-refractivity contribution in [2.45, 2.75) is 59.3 Å². The van der Waals surface area contributed by atoms with Crippen LogP contribution in [0.5, 0.6) is 0 Å². The number of hydrogen-bond donors (Lipinski definition) is 1. The molecule has 0 aliphatic heterocycles. The van der Waals surface area contributed by atoms with Gasteiger partial charge in [-0.05, 0) is 18.9 Å². The van der Waals surface area contributed by atoms with Gasteiger partial charge >= 0.3 is 5.97 Å². The largest absolute Gasteiger partial charge is 0.465 e. The van der Waals surface area contributed by atoms with E-state index >= 15 is 0 Å². The number of carbonyl (C=O) groups is 1. The maximum atomic E-state index is 11.3. The Balaban J connectivity index is 3.16. The molecule has 0 atom stereocenters. The average molecular weight is 243 g/mol. The second-order valence-electron chi connectivity index (χ2n) is 5.01. The van der Waals surface area contributed by atoms with Crippen molar-refractivity contribution in [1.82, 2.24) is 5.32 Å². The van der Waals surface area contributed by atoms with E-state index in [1.54, 1.807) is 0 Å². The molecule has 1 N–H and O–H groups in total. The standard InChI is InChI=1S/C14H29NO2/c1-4-5-6-7-8-9-10-17-14(16)12-15-11-13(2)3/h13,15H,4-12H2,1-3H3. The van der Waals surface area contributed by atoms with Crippen molar-refractivity contribution in [2.24, 2.45) is 5.92 Å². The van der Waals surface area contributed by atoms with Crippen molar-refractivity contribution >= 4 is 5.97 Å². The van der Waals surface area contributed by atoms with Gasteiger partial charge in [-0.25, -0.2) is 0 Å². The van der Waals surface area contributed by atoms with E-state index in [4.69, 9.17) is 4.74 Å². The van der Waals surface area contributed by atoms with Crippen molar-refractivity contribution in [2.75, 3.05) is 19.7 Å². The van der Waals surface area contributed by atoms with E-state index in [1.165, 1.54) is 32.1 Å².